The first-order valence-electron chi connectivity index (χ1n) is 9.99. The Kier molecular flexibility index (Phi) is 7.18. The van der Waals surface area contributed by atoms with Gasteiger partial charge >= 0.3 is 0 Å². The third kappa shape index (κ3) is 5.47. The number of hydrogen-bond acceptors (Lipinski definition) is 7. The smallest absolute Gasteiger partial charge is 0.267 e. The van der Waals surface area contributed by atoms with E-state index in [1.807, 2.05) is 6.07 Å². The molecule has 3 aromatic rings. The highest BCUT2D eigenvalue weighted by molar-refractivity contribution is 7.99. The fourth-order valence-electron chi connectivity index (χ4n) is 3.23. The Morgan fingerprint density at radius 1 is 1.24 bits per heavy atom. The first-order chi connectivity index (χ1) is 15.9. The maximum Gasteiger partial charge on any atom is 0.267 e. The quantitative estimate of drug-likeness (QED) is 0.528. The van der Waals surface area contributed by atoms with Crippen molar-refractivity contribution in [1.29, 1.82) is 5.26 Å². The van der Waals surface area contributed by atoms with Crippen LogP contribution < -0.4 is 10.1 Å². The zero-order valence-electron chi connectivity index (χ0n) is 17.6. The van der Waals surface area contributed by atoms with Gasteiger partial charge in [-0.1, -0.05) is 11.6 Å². The van der Waals surface area contributed by atoms with Crippen LogP contribution in [-0.4, -0.2) is 39.4 Å². The first kappa shape index (κ1) is 23.1. The van der Waals surface area contributed by atoms with Gasteiger partial charge in [-0.05, 0) is 55.5 Å². The van der Waals surface area contributed by atoms with Gasteiger partial charge in [0.15, 0.2) is 0 Å². The maximum absolute atomic E-state index is 13.3. The minimum atomic E-state index is -0.589. The molecule has 7 nitrogen and oxygen atoms in total. The van der Waals surface area contributed by atoms with E-state index in [1.165, 1.54) is 23.1 Å². The van der Waals surface area contributed by atoms with E-state index in [0.717, 1.165) is 0 Å². The molecular formula is C23H19ClN4O3S2. The molecule has 1 aromatic heterocycles. The minimum Gasteiger partial charge on any atom is -0.486 e. The lowest BCUT2D eigenvalue weighted by atomic mass is 10.2. The summed E-state index contributed by atoms with van der Waals surface area (Å²) in [7, 11) is 0. The van der Waals surface area contributed by atoms with Crippen molar-refractivity contribution in [1.82, 2.24) is 9.88 Å². The van der Waals surface area contributed by atoms with Crippen LogP contribution in [-0.2, 0) is 11.4 Å². The molecule has 10 heteroatoms. The normalized spacial score (nSPS) is 15.2. The Labute approximate surface area is 204 Å². The number of nitrogens with zero attached hydrogens (tertiary/aromatic N) is 3. The van der Waals surface area contributed by atoms with Gasteiger partial charge in [0.05, 0.1) is 23.2 Å². The van der Waals surface area contributed by atoms with Gasteiger partial charge in [-0.25, -0.2) is 4.98 Å². The van der Waals surface area contributed by atoms with Gasteiger partial charge in [-0.2, -0.15) is 5.26 Å². The van der Waals surface area contributed by atoms with Crippen LogP contribution in [0.1, 0.15) is 25.9 Å². The molecule has 2 aromatic carbocycles. The number of carbonyl (C=O) groups excluding carboxylic acids is 2. The number of thiazole rings is 1. The van der Waals surface area contributed by atoms with Crippen molar-refractivity contribution in [3.05, 3.63) is 74.7 Å². The van der Waals surface area contributed by atoms with Crippen LogP contribution in [0.2, 0.25) is 5.02 Å². The molecule has 0 radical (unpaired) electrons. The number of amides is 2. The van der Waals surface area contributed by atoms with E-state index in [9.17, 15) is 9.59 Å². The lowest BCUT2D eigenvalue weighted by Crippen LogP contribution is -2.44. The lowest BCUT2D eigenvalue weighted by Gasteiger charge is -2.22. The minimum absolute atomic E-state index is 0.215. The summed E-state index contributed by atoms with van der Waals surface area (Å²) in [5, 5.41) is 13.1. The maximum atomic E-state index is 13.3. The summed E-state index contributed by atoms with van der Waals surface area (Å²) in [6.07, 6.45) is 0. The van der Waals surface area contributed by atoms with E-state index in [4.69, 9.17) is 21.6 Å². The van der Waals surface area contributed by atoms with Gasteiger partial charge in [-0.3, -0.25) is 9.59 Å². The molecule has 0 aliphatic carbocycles. The Hall–Kier alpha value is -3.06. The third-order valence-electron chi connectivity index (χ3n) is 4.94. The summed E-state index contributed by atoms with van der Waals surface area (Å²) in [5.74, 6) is 1.13. The zero-order valence-corrected chi connectivity index (χ0v) is 20.0. The molecular weight excluding hydrogens is 480 g/mol. The number of carbonyl (C=O) groups is 2. The summed E-state index contributed by atoms with van der Waals surface area (Å²) >= 11 is 8.70. The Morgan fingerprint density at radius 2 is 1.97 bits per heavy atom. The number of rotatable bonds is 6. The Morgan fingerprint density at radius 3 is 2.67 bits per heavy atom. The van der Waals surface area contributed by atoms with Crippen molar-refractivity contribution < 1.29 is 14.3 Å². The number of halogens is 1. The van der Waals surface area contributed by atoms with Crippen LogP contribution in [0.15, 0.2) is 48.5 Å². The average Bonchev–Trinajstić information content (AvgIpc) is 3.46. The highest BCUT2D eigenvalue weighted by atomic mass is 35.5. The molecule has 0 bridgehead atoms. The molecule has 1 saturated heterocycles. The van der Waals surface area contributed by atoms with Gasteiger partial charge in [-0.15, -0.1) is 23.1 Å². The molecule has 1 N–H and O–H groups in total. The van der Waals surface area contributed by atoms with Crippen molar-refractivity contribution >= 4 is 52.2 Å². The van der Waals surface area contributed by atoms with E-state index in [0.29, 0.717) is 49.2 Å². The van der Waals surface area contributed by atoms with E-state index in [-0.39, 0.29) is 18.4 Å². The second-order valence-corrected chi connectivity index (χ2v) is 9.75. The molecule has 2 heterocycles. The monoisotopic (exact) mass is 498 g/mol. The second kappa shape index (κ2) is 10.3. The van der Waals surface area contributed by atoms with Crippen LogP contribution in [0.25, 0.3) is 0 Å². The van der Waals surface area contributed by atoms with Crippen molar-refractivity contribution in [3.63, 3.8) is 0 Å². The molecule has 2 amide bonds. The van der Waals surface area contributed by atoms with E-state index < -0.39 is 6.04 Å². The fourth-order valence-corrected chi connectivity index (χ4v) is 5.45. The summed E-state index contributed by atoms with van der Waals surface area (Å²) < 4.78 is 5.74. The van der Waals surface area contributed by atoms with Crippen LogP contribution >= 0.6 is 34.7 Å². The third-order valence-corrected chi connectivity index (χ3v) is 7.32. The number of aromatic nitrogens is 1. The molecule has 1 aliphatic heterocycles. The second-order valence-electron chi connectivity index (χ2n) is 7.23. The predicted octanol–water partition coefficient (Wildman–Crippen LogP) is 4.71. The van der Waals surface area contributed by atoms with Gasteiger partial charge in [0.25, 0.3) is 5.91 Å². The molecule has 4 rings (SSSR count). The predicted molar refractivity (Wildman–Crippen MR) is 130 cm³/mol. The molecule has 168 valence electrons. The average molecular weight is 499 g/mol. The highest BCUT2D eigenvalue weighted by Crippen LogP contribution is 2.28. The number of anilines is 1. The van der Waals surface area contributed by atoms with Crippen molar-refractivity contribution in [2.24, 2.45) is 0 Å². The molecule has 0 spiro atoms. The van der Waals surface area contributed by atoms with Crippen LogP contribution in [0, 0.1) is 18.3 Å². The number of benzene rings is 2. The standard InChI is InChI=1S/C23H19ClN4O3S2/c1-14-21(33-20(26-14)11-31-18-8-4-16(24)5-9-18)23(30)28-13-32-12-19(28)22(29)27-17-6-2-15(10-25)3-7-17/h2-9,19H,11-13H2,1H3,(H,27,29). The fraction of sp³-hybridized carbons (Fsp3) is 0.217. The molecule has 1 aliphatic rings. The van der Waals surface area contributed by atoms with E-state index in [1.54, 1.807) is 60.4 Å². The number of hydrogen-bond donors (Lipinski definition) is 1. The number of ether oxygens (including phenoxy) is 1. The van der Waals surface area contributed by atoms with Crippen molar-refractivity contribution in [3.8, 4) is 11.8 Å². The van der Waals surface area contributed by atoms with Gasteiger partial charge in [0.1, 0.15) is 28.3 Å². The van der Waals surface area contributed by atoms with Gasteiger partial charge in [0.2, 0.25) is 5.91 Å². The number of aryl methyl sites for hydroxylation is 1. The van der Waals surface area contributed by atoms with E-state index in [2.05, 4.69) is 10.3 Å². The SMILES string of the molecule is Cc1nc(COc2ccc(Cl)cc2)sc1C(=O)N1CSCC1C(=O)Nc1ccc(C#N)cc1. The highest BCUT2D eigenvalue weighted by Gasteiger charge is 2.36. The molecule has 0 saturated carbocycles. The summed E-state index contributed by atoms with van der Waals surface area (Å²) in [6.45, 7) is 2.02. The largest absolute Gasteiger partial charge is 0.486 e. The molecule has 1 fully saturated rings. The van der Waals surface area contributed by atoms with Crippen LogP contribution in [0.3, 0.4) is 0 Å². The summed E-state index contributed by atoms with van der Waals surface area (Å²) in [5.41, 5.74) is 1.71. The van der Waals surface area contributed by atoms with Gasteiger partial charge < -0.3 is 15.0 Å². The van der Waals surface area contributed by atoms with Crippen LogP contribution in [0.5, 0.6) is 5.75 Å². The topological polar surface area (TPSA) is 95.3 Å². The van der Waals surface area contributed by atoms with Crippen molar-refractivity contribution in [2.75, 3.05) is 16.9 Å². The molecule has 33 heavy (non-hydrogen) atoms. The number of thioether (sulfide) groups is 1. The summed E-state index contributed by atoms with van der Waals surface area (Å²) in [6, 6.07) is 15.1. The van der Waals surface area contributed by atoms with E-state index >= 15 is 0 Å². The van der Waals surface area contributed by atoms with Gasteiger partial charge in [0, 0.05) is 16.5 Å². The first-order valence-corrected chi connectivity index (χ1v) is 12.3. The number of nitriles is 1. The molecule has 1 atom stereocenters. The number of nitrogens with one attached hydrogen (secondary N) is 1. The van der Waals surface area contributed by atoms with Crippen molar-refractivity contribution in [2.45, 2.75) is 19.6 Å². The van der Waals surface area contributed by atoms with Crippen LogP contribution in [0.4, 0.5) is 5.69 Å². The Bertz CT molecular complexity index is 1210. The summed E-state index contributed by atoms with van der Waals surface area (Å²) in [4.78, 5) is 32.7. The zero-order chi connectivity index (χ0) is 23.4. The Balaban J connectivity index is 1.42. The lowest BCUT2D eigenvalue weighted by molar-refractivity contribution is -0.119. The molecule has 1 unspecified atom stereocenters.